The van der Waals surface area contributed by atoms with Gasteiger partial charge in [0, 0.05) is 32.7 Å². The second-order valence-corrected chi connectivity index (χ2v) is 5.30. The Hall–Kier alpha value is -2.15. The summed E-state index contributed by atoms with van der Waals surface area (Å²) in [5.41, 5.74) is 0.923. The van der Waals surface area contributed by atoms with Crippen molar-refractivity contribution in [2.24, 2.45) is 0 Å². The molecule has 1 heterocycles. The van der Waals surface area contributed by atoms with Crippen LogP contribution in [0.1, 0.15) is 12.5 Å². The van der Waals surface area contributed by atoms with Gasteiger partial charge >= 0.3 is 6.09 Å². The number of hydrogen-bond donors (Lipinski definition) is 1. The van der Waals surface area contributed by atoms with Crippen molar-refractivity contribution in [1.29, 1.82) is 0 Å². The van der Waals surface area contributed by atoms with Gasteiger partial charge in [0.1, 0.15) is 5.82 Å². The van der Waals surface area contributed by atoms with Crippen LogP contribution in [0.2, 0.25) is 0 Å². The summed E-state index contributed by atoms with van der Waals surface area (Å²) in [5.74, 6) is -0.278. The number of nitrogens with one attached hydrogen (secondary N) is 1. The monoisotopic (exact) mass is 323 g/mol. The van der Waals surface area contributed by atoms with Crippen molar-refractivity contribution in [3.8, 4) is 0 Å². The molecule has 0 saturated carbocycles. The molecule has 1 aromatic carbocycles. The number of ether oxygens (including phenoxy) is 1. The number of carbonyl (C=O) groups is 2. The lowest BCUT2D eigenvalue weighted by molar-refractivity contribution is -0.131. The maximum Gasteiger partial charge on any atom is 0.409 e. The van der Waals surface area contributed by atoms with Crippen molar-refractivity contribution in [3.63, 3.8) is 0 Å². The molecule has 0 bridgehead atoms. The minimum atomic E-state index is -0.325. The van der Waals surface area contributed by atoms with E-state index in [1.165, 1.54) is 12.1 Å². The molecule has 1 N–H and O–H groups in total. The lowest BCUT2D eigenvalue weighted by Crippen LogP contribution is -2.52. The van der Waals surface area contributed by atoms with Gasteiger partial charge in [0.2, 0.25) is 5.91 Å². The highest BCUT2D eigenvalue weighted by Gasteiger charge is 2.24. The third kappa shape index (κ3) is 5.21. The van der Waals surface area contributed by atoms with E-state index in [-0.39, 0.29) is 24.4 Å². The van der Waals surface area contributed by atoms with E-state index >= 15 is 0 Å². The highest BCUT2D eigenvalue weighted by atomic mass is 19.1. The fraction of sp³-hybridized carbons (Fsp3) is 0.500. The number of carbonyl (C=O) groups excluding carboxylic acids is 2. The quantitative estimate of drug-likeness (QED) is 0.885. The largest absolute Gasteiger partial charge is 0.450 e. The number of rotatable bonds is 5. The average molecular weight is 323 g/mol. The van der Waals surface area contributed by atoms with E-state index in [2.05, 4.69) is 5.32 Å². The van der Waals surface area contributed by atoms with Gasteiger partial charge in [-0.05, 0) is 24.6 Å². The van der Waals surface area contributed by atoms with Crippen LogP contribution >= 0.6 is 0 Å². The van der Waals surface area contributed by atoms with E-state index in [9.17, 15) is 14.0 Å². The molecule has 0 unspecified atom stereocenters. The van der Waals surface area contributed by atoms with Crippen molar-refractivity contribution in [1.82, 2.24) is 15.1 Å². The predicted molar refractivity (Wildman–Crippen MR) is 83.3 cm³/mol. The van der Waals surface area contributed by atoms with Gasteiger partial charge in [-0.3, -0.25) is 4.79 Å². The lowest BCUT2D eigenvalue weighted by atomic mass is 10.2. The highest BCUT2D eigenvalue weighted by Crippen LogP contribution is 2.05. The van der Waals surface area contributed by atoms with Crippen LogP contribution in [0.4, 0.5) is 9.18 Å². The van der Waals surface area contributed by atoms with Crippen molar-refractivity contribution in [2.45, 2.75) is 13.5 Å². The Balaban J connectivity index is 1.68. The molecule has 1 aliphatic rings. The zero-order chi connectivity index (χ0) is 16.7. The Morgan fingerprint density at radius 1 is 1.13 bits per heavy atom. The SMILES string of the molecule is CCOC(=O)N1CCN(C(=O)CNCc2ccc(F)cc2)CC1. The van der Waals surface area contributed by atoms with Gasteiger partial charge in [0.15, 0.2) is 0 Å². The molecule has 0 spiro atoms. The number of nitrogens with zero attached hydrogens (tertiary/aromatic N) is 2. The summed E-state index contributed by atoms with van der Waals surface area (Å²) in [7, 11) is 0. The smallest absolute Gasteiger partial charge is 0.409 e. The minimum absolute atomic E-state index is 0.00406. The Bertz CT molecular complexity index is 528. The third-order valence-corrected chi connectivity index (χ3v) is 3.68. The molecule has 1 saturated heterocycles. The van der Waals surface area contributed by atoms with Crippen molar-refractivity contribution in [2.75, 3.05) is 39.3 Å². The van der Waals surface area contributed by atoms with E-state index in [1.54, 1.807) is 28.9 Å². The molecule has 23 heavy (non-hydrogen) atoms. The molecule has 1 aromatic rings. The topological polar surface area (TPSA) is 61.9 Å². The molecular formula is C16H22FN3O3. The Morgan fingerprint density at radius 2 is 1.74 bits per heavy atom. The molecule has 6 nitrogen and oxygen atoms in total. The summed E-state index contributed by atoms with van der Waals surface area (Å²) in [5, 5.41) is 3.05. The molecule has 1 fully saturated rings. The maximum absolute atomic E-state index is 12.8. The molecule has 0 aliphatic carbocycles. The fourth-order valence-electron chi connectivity index (χ4n) is 2.38. The summed E-state index contributed by atoms with van der Waals surface area (Å²) in [6.45, 7) is 4.85. The molecule has 0 aromatic heterocycles. The molecule has 0 atom stereocenters. The minimum Gasteiger partial charge on any atom is -0.450 e. The Labute approximate surface area is 135 Å². The van der Waals surface area contributed by atoms with E-state index < -0.39 is 0 Å². The van der Waals surface area contributed by atoms with Crippen molar-refractivity contribution >= 4 is 12.0 Å². The van der Waals surface area contributed by atoms with Crippen molar-refractivity contribution < 1.29 is 18.7 Å². The molecule has 7 heteroatoms. The zero-order valence-corrected chi connectivity index (χ0v) is 13.3. The van der Waals surface area contributed by atoms with Crippen molar-refractivity contribution in [3.05, 3.63) is 35.6 Å². The van der Waals surface area contributed by atoms with Gasteiger partial charge in [0.25, 0.3) is 0 Å². The summed E-state index contributed by atoms with van der Waals surface area (Å²) in [6, 6.07) is 6.16. The first-order chi connectivity index (χ1) is 11.1. The fourth-order valence-corrected chi connectivity index (χ4v) is 2.38. The molecule has 0 radical (unpaired) electrons. The molecular weight excluding hydrogens is 301 g/mol. The van der Waals surface area contributed by atoms with Gasteiger partial charge in [-0.1, -0.05) is 12.1 Å². The van der Waals surface area contributed by atoms with E-state index in [0.717, 1.165) is 5.56 Å². The summed E-state index contributed by atoms with van der Waals surface area (Å²) in [4.78, 5) is 27.0. The van der Waals surface area contributed by atoms with Gasteiger partial charge in [-0.15, -0.1) is 0 Å². The first-order valence-corrected chi connectivity index (χ1v) is 7.74. The van der Waals surface area contributed by atoms with Gasteiger partial charge in [-0.25, -0.2) is 9.18 Å². The number of amides is 2. The van der Waals surface area contributed by atoms with Gasteiger partial charge in [0.05, 0.1) is 13.2 Å². The molecule has 2 rings (SSSR count). The second kappa shape index (κ2) is 8.47. The van der Waals surface area contributed by atoms with Crippen LogP contribution in [0.5, 0.6) is 0 Å². The van der Waals surface area contributed by atoms with Crippen LogP contribution in [0.15, 0.2) is 24.3 Å². The standard InChI is InChI=1S/C16H22FN3O3/c1-2-23-16(22)20-9-7-19(8-10-20)15(21)12-18-11-13-3-5-14(17)6-4-13/h3-6,18H,2,7-12H2,1H3. The third-order valence-electron chi connectivity index (χ3n) is 3.68. The van der Waals surface area contributed by atoms with Gasteiger partial charge < -0.3 is 19.9 Å². The lowest BCUT2D eigenvalue weighted by Gasteiger charge is -2.34. The van der Waals surface area contributed by atoms with Gasteiger partial charge in [-0.2, -0.15) is 0 Å². The van der Waals surface area contributed by atoms with E-state index in [1.807, 2.05) is 0 Å². The van der Waals surface area contributed by atoms with Crippen LogP contribution in [-0.4, -0.2) is 61.1 Å². The average Bonchev–Trinajstić information content (AvgIpc) is 2.57. The van der Waals surface area contributed by atoms with E-state index in [0.29, 0.717) is 39.3 Å². The first-order valence-electron chi connectivity index (χ1n) is 7.74. The predicted octanol–water partition coefficient (Wildman–Crippen LogP) is 1.22. The van der Waals surface area contributed by atoms with Crippen LogP contribution in [0, 0.1) is 5.82 Å². The van der Waals surface area contributed by atoms with Crippen LogP contribution < -0.4 is 5.32 Å². The number of halogens is 1. The summed E-state index contributed by atoms with van der Waals surface area (Å²) in [6.07, 6.45) is -0.325. The molecule has 2 amide bonds. The second-order valence-electron chi connectivity index (χ2n) is 5.30. The van der Waals surface area contributed by atoms with Crippen LogP contribution in [-0.2, 0) is 16.1 Å². The Morgan fingerprint density at radius 3 is 2.35 bits per heavy atom. The first kappa shape index (κ1) is 17.2. The number of benzene rings is 1. The van der Waals surface area contributed by atoms with Crippen LogP contribution in [0.25, 0.3) is 0 Å². The van der Waals surface area contributed by atoms with Crippen LogP contribution in [0.3, 0.4) is 0 Å². The Kier molecular flexibility index (Phi) is 6.34. The highest BCUT2D eigenvalue weighted by molar-refractivity contribution is 5.78. The summed E-state index contributed by atoms with van der Waals surface area (Å²) >= 11 is 0. The summed E-state index contributed by atoms with van der Waals surface area (Å²) < 4.78 is 17.7. The normalized spacial score (nSPS) is 14.7. The van der Waals surface area contributed by atoms with E-state index in [4.69, 9.17) is 4.74 Å². The number of hydrogen-bond acceptors (Lipinski definition) is 4. The zero-order valence-electron chi connectivity index (χ0n) is 13.3. The molecule has 1 aliphatic heterocycles. The number of piperazine rings is 1. The maximum atomic E-state index is 12.8. The molecule has 126 valence electrons.